The van der Waals surface area contributed by atoms with E-state index < -0.39 is 33.1 Å². The van der Waals surface area contributed by atoms with E-state index in [-0.39, 0.29) is 31.4 Å². The fourth-order valence-corrected chi connectivity index (χ4v) is 5.04. The van der Waals surface area contributed by atoms with Crippen LogP contribution in [0.25, 0.3) is 0 Å². The van der Waals surface area contributed by atoms with Crippen LogP contribution in [0.3, 0.4) is 0 Å². The molecule has 0 bridgehead atoms. The van der Waals surface area contributed by atoms with Gasteiger partial charge in [0.15, 0.2) is 10.2 Å². The van der Waals surface area contributed by atoms with Gasteiger partial charge in [0.2, 0.25) is 9.84 Å². The Morgan fingerprint density at radius 1 is 0.538 bits per heavy atom. The van der Waals surface area contributed by atoms with E-state index in [4.69, 9.17) is 24.4 Å². The second-order valence-electron chi connectivity index (χ2n) is 7.96. The van der Waals surface area contributed by atoms with E-state index in [9.17, 15) is 26.0 Å². The molecule has 0 radical (unpaired) electrons. The summed E-state index contributed by atoms with van der Waals surface area (Å²) in [4.78, 5) is 0.0300. The van der Waals surface area contributed by atoms with Gasteiger partial charge in [0.25, 0.3) is 0 Å². The van der Waals surface area contributed by atoms with E-state index in [0.29, 0.717) is 23.5 Å². The van der Waals surface area contributed by atoms with Crippen molar-refractivity contribution in [2.75, 3.05) is 21.3 Å². The molecule has 13 heteroatoms. The summed E-state index contributed by atoms with van der Waals surface area (Å²) < 4.78 is 79.8. The SMILES string of the molecule is O=S(=O)(c1ccc(NC(=S)Nc2ccc(F)cc2F)cc1)c1ccc(NC(=S)Nc2ccc(F)cc2F)cc1. The normalized spacial score (nSPS) is 11.0. The molecule has 4 aromatic rings. The number of hydrogen-bond acceptors (Lipinski definition) is 4. The van der Waals surface area contributed by atoms with Gasteiger partial charge >= 0.3 is 0 Å². The highest BCUT2D eigenvalue weighted by atomic mass is 32.2. The standard InChI is InChI=1S/C26H18F4N4O2S3/c27-15-1-11-23(21(29)13-15)33-25(37)31-17-3-7-19(8-4-17)39(35,36)20-9-5-18(6-10-20)32-26(38)34-24-12-2-16(28)14-22(24)30/h1-14H,(H2,31,33,37)(H2,32,34,38). The second-order valence-corrected chi connectivity index (χ2v) is 10.7. The average Bonchev–Trinajstić information content (AvgIpc) is 2.88. The second kappa shape index (κ2) is 11.8. The van der Waals surface area contributed by atoms with Crippen molar-refractivity contribution in [3.8, 4) is 0 Å². The van der Waals surface area contributed by atoms with E-state index in [2.05, 4.69) is 21.3 Å². The van der Waals surface area contributed by atoms with Crippen molar-refractivity contribution in [2.45, 2.75) is 9.79 Å². The Labute approximate surface area is 232 Å². The van der Waals surface area contributed by atoms with Crippen molar-refractivity contribution in [2.24, 2.45) is 0 Å². The molecule has 0 aliphatic carbocycles. The molecule has 0 spiro atoms. The third-order valence-electron chi connectivity index (χ3n) is 5.20. The van der Waals surface area contributed by atoms with Crippen LogP contribution in [0.15, 0.2) is 94.7 Å². The highest BCUT2D eigenvalue weighted by Gasteiger charge is 2.18. The van der Waals surface area contributed by atoms with Crippen LogP contribution in [0.5, 0.6) is 0 Å². The van der Waals surface area contributed by atoms with Crippen LogP contribution < -0.4 is 21.3 Å². The molecule has 4 rings (SSSR count). The minimum atomic E-state index is -3.87. The number of halogens is 4. The summed E-state index contributed by atoms with van der Waals surface area (Å²) >= 11 is 10.3. The Morgan fingerprint density at radius 3 is 1.23 bits per heavy atom. The number of rotatable bonds is 6. The number of anilines is 4. The van der Waals surface area contributed by atoms with E-state index in [1.165, 1.54) is 60.7 Å². The van der Waals surface area contributed by atoms with Gasteiger partial charge < -0.3 is 21.3 Å². The maximum Gasteiger partial charge on any atom is 0.206 e. The Balaban J connectivity index is 1.38. The van der Waals surface area contributed by atoms with E-state index in [1.807, 2.05) is 0 Å². The molecule has 0 atom stereocenters. The molecular formula is C26H18F4N4O2S3. The Hall–Kier alpha value is -4.07. The third kappa shape index (κ3) is 7.07. The first-order valence-corrected chi connectivity index (χ1v) is 13.3. The number of benzene rings is 4. The van der Waals surface area contributed by atoms with Crippen LogP contribution in [-0.4, -0.2) is 18.6 Å². The molecule has 0 aromatic heterocycles. The fourth-order valence-electron chi connectivity index (χ4n) is 3.32. The van der Waals surface area contributed by atoms with Gasteiger partial charge in [0, 0.05) is 23.5 Å². The summed E-state index contributed by atoms with van der Waals surface area (Å²) in [6.45, 7) is 0. The van der Waals surface area contributed by atoms with Gasteiger partial charge in [-0.15, -0.1) is 0 Å². The van der Waals surface area contributed by atoms with E-state index in [0.717, 1.165) is 12.1 Å². The first-order chi connectivity index (χ1) is 18.5. The van der Waals surface area contributed by atoms with E-state index >= 15 is 0 Å². The van der Waals surface area contributed by atoms with Gasteiger partial charge in [-0.25, -0.2) is 26.0 Å². The molecule has 0 amide bonds. The zero-order chi connectivity index (χ0) is 28.2. The maximum absolute atomic E-state index is 13.8. The predicted octanol–water partition coefficient (Wildman–Crippen LogP) is 6.69. The van der Waals surface area contributed by atoms with Gasteiger partial charge in [-0.1, -0.05) is 0 Å². The molecule has 0 fully saturated rings. The average molecular weight is 591 g/mol. The lowest BCUT2D eigenvalue weighted by atomic mass is 10.3. The maximum atomic E-state index is 13.8. The monoisotopic (exact) mass is 590 g/mol. The summed E-state index contributed by atoms with van der Waals surface area (Å²) in [5, 5.41) is 10.8. The quantitative estimate of drug-likeness (QED) is 0.146. The molecule has 200 valence electrons. The Morgan fingerprint density at radius 2 is 0.897 bits per heavy atom. The van der Waals surface area contributed by atoms with Crippen molar-refractivity contribution in [1.29, 1.82) is 0 Å². The summed E-state index contributed by atoms with van der Waals surface area (Å²) in [7, 11) is -3.87. The number of thiocarbonyl (C=S) groups is 2. The summed E-state index contributed by atoms with van der Waals surface area (Å²) in [5.41, 5.74) is 0.828. The highest BCUT2D eigenvalue weighted by Crippen LogP contribution is 2.24. The Kier molecular flexibility index (Phi) is 8.43. The minimum absolute atomic E-state index is 0.0150. The number of sulfone groups is 1. The molecule has 4 aromatic carbocycles. The summed E-state index contributed by atoms with van der Waals surface area (Å²) in [6.07, 6.45) is 0. The number of nitrogens with one attached hydrogen (secondary N) is 4. The van der Waals surface area contributed by atoms with Gasteiger partial charge in [-0.2, -0.15) is 0 Å². The zero-order valence-corrected chi connectivity index (χ0v) is 22.1. The molecule has 4 N–H and O–H groups in total. The molecule has 0 saturated heterocycles. The first kappa shape index (κ1) is 28.0. The molecule has 0 aliphatic heterocycles. The molecule has 0 saturated carbocycles. The fraction of sp³-hybridized carbons (Fsp3) is 0. The van der Waals surface area contributed by atoms with E-state index in [1.54, 1.807) is 0 Å². The van der Waals surface area contributed by atoms with Crippen LogP contribution in [0.4, 0.5) is 40.3 Å². The lowest BCUT2D eigenvalue weighted by Crippen LogP contribution is -2.20. The topological polar surface area (TPSA) is 82.3 Å². The van der Waals surface area contributed by atoms with Crippen LogP contribution in [0.1, 0.15) is 0 Å². The van der Waals surface area contributed by atoms with Crippen molar-refractivity contribution >= 4 is 67.2 Å². The van der Waals surface area contributed by atoms with Crippen molar-refractivity contribution in [3.05, 3.63) is 108 Å². The predicted molar refractivity (Wildman–Crippen MR) is 151 cm³/mol. The molecular weight excluding hydrogens is 573 g/mol. The van der Waals surface area contributed by atoms with Crippen LogP contribution >= 0.6 is 24.4 Å². The van der Waals surface area contributed by atoms with Crippen molar-refractivity contribution in [1.82, 2.24) is 0 Å². The molecule has 39 heavy (non-hydrogen) atoms. The molecule has 0 heterocycles. The lowest BCUT2D eigenvalue weighted by Gasteiger charge is -2.13. The van der Waals surface area contributed by atoms with Gasteiger partial charge in [-0.3, -0.25) is 0 Å². The van der Waals surface area contributed by atoms with Crippen LogP contribution in [0.2, 0.25) is 0 Å². The molecule has 0 aliphatic rings. The smallest absolute Gasteiger partial charge is 0.206 e. The minimum Gasteiger partial charge on any atom is -0.332 e. The van der Waals surface area contributed by atoms with Crippen molar-refractivity contribution in [3.63, 3.8) is 0 Å². The summed E-state index contributed by atoms with van der Waals surface area (Å²) in [5.74, 6) is -3.08. The van der Waals surface area contributed by atoms with Crippen LogP contribution in [-0.2, 0) is 9.84 Å². The van der Waals surface area contributed by atoms with Gasteiger partial charge in [0.05, 0.1) is 21.2 Å². The third-order valence-corrected chi connectivity index (χ3v) is 7.40. The highest BCUT2D eigenvalue weighted by molar-refractivity contribution is 7.91. The first-order valence-electron chi connectivity index (χ1n) is 11.0. The summed E-state index contributed by atoms with van der Waals surface area (Å²) in [6, 6.07) is 17.4. The van der Waals surface area contributed by atoms with Gasteiger partial charge in [0.1, 0.15) is 23.3 Å². The van der Waals surface area contributed by atoms with Crippen molar-refractivity contribution < 1.29 is 26.0 Å². The number of hydrogen-bond donors (Lipinski definition) is 4. The largest absolute Gasteiger partial charge is 0.332 e. The van der Waals surface area contributed by atoms with Crippen LogP contribution in [0, 0.1) is 23.3 Å². The molecule has 6 nitrogen and oxygen atoms in total. The van der Waals surface area contributed by atoms with Gasteiger partial charge in [-0.05, 0) is 97.2 Å². The zero-order valence-electron chi connectivity index (χ0n) is 19.6. The lowest BCUT2D eigenvalue weighted by molar-refractivity contribution is 0.585. The Bertz CT molecular complexity index is 1530. The molecule has 0 unspecified atom stereocenters.